The van der Waals surface area contributed by atoms with Gasteiger partial charge in [0.15, 0.2) is 5.11 Å². The summed E-state index contributed by atoms with van der Waals surface area (Å²) in [6, 6.07) is 36.1. The van der Waals surface area contributed by atoms with Crippen LogP contribution in [0.25, 0.3) is 0 Å². The SMILES string of the molecule is CCOC(=O)c1c(NC(=O)C(Sc2cccc(NC(=S)Nc3ccc(C)cc3)c2)c2ccccc2)sc2c1CCC(c1ccccc1)C2. The van der Waals surface area contributed by atoms with Gasteiger partial charge in [-0.15, -0.1) is 23.1 Å². The van der Waals surface area contributed by atoms with Crippen LogP contribution in [0.4, 0.5) is 16.4 Å². The third-order valence-corrected chi connectivity index (χ3v) is 10.9. The number of hydrogen-bond donors (Lipinski definition) is 3. The van der Waals surface area contributed by atoms with Gasteiger partial charge in [0.2, 0.25) is 5.91 Å². The first-order valence-electron chi connectivity index (χ1n) is 16.0. The van der Waals surface area contributed by atoms with E-state index in [1.54, 1.807) is 6.92 Å². The van der Waals surface area contributed by atoms with Crippen LogP contribution in [0.5, 0.6) is 0 Å². The minimum Gasteiger partial charge on any atom is -0.462 e. The second-order valence-electron chi connectivity index (χ2n) is 11.6. The Morgan fingerprint density at radius 2 is 1.60 bits per heavy atom. The second kappa shape index (κ2) is 15.6. The summed E-state index contributed by atoms with van der Waals surface area (Å²) in [4.78, 5) is 29.6. The van der Waals surface area contributed by atoms with E-state index in [0.717, 1.165) is 51.5 Å². The van der Waals surface area contributed by atoms with Gasteiger partial charge in [0.25, 0.3) is 0 Å². The Bertz CT molecular complexity index is 1890. The number of amides is 1. The minimum absolute atomic E-state index is 0.204. The second-order valence-corrected chi connectivity index (χ2v) is 14.3. The highest BCUT2D eigenvalue weighted by Crippen LogP contribution is 2.44. The fraction of sp³-hybridized carbons (Fsp3) is 0.205. The molecular weight excluding hydrogens is 655 g/mol. The molecule has 6 nitrogen and oxygen atoms in total. The predicted molar refractivity (Wildman–Crippen MR) is 203 cm³/mol. The highest BCUT2D eigenvalue weighted by Gasteiger charge is 2.32. The van der Waals surface area contributed by atoms with Crippen molar-refractivity contribution in [3.05, 3.63) is 142 Å². The van der Waals surface area contributed by atoms with Gasteiger partial charge in [-0.1, -0.05) is 84.4 Å². The molecule has 0 aliphatic heterocycles. The van der Waals surface area contributed by atoms with E-state index >= 15 is 0 Å². The number of thioether (sulfide) groups is 1. The number of esters is 1. The van der Waals surface area contributed by atoms with Gasteiger partial charge < -0.3 is 20.7 Å². The van der Waals surface area contributed by atoms with Gasteiger partial charge in [0.1, 0.15) is 10.3 Å². The maximum absolute atomic E-state index is 14.2. The third kappa shape index (κ3) is 8.16. The Morgan fingerprint density at radius 3 is 2.33 bits per heavy atom. The number of thiophene rings is 1. The average molecular weight is 692 g/mol. The van der Waals surface area contributed by atoms with E-state index in [9.17, 15) is 9.59 Å². The number of anilines is 3. The van der Waals surface area contributed by atoms with Crippen LogP contribution in [0.2, 0.25) is 0 Å². The lowest BCUT2D eigenvalue weighted by Gasteiger charge is -2.23. The number of nitrogens with one attached hydrogen (secondary N) is 3. The van der Waals surface area contributed by atoms with Crippen molar-refractivity contribution in [1.29, 1.82) is 0 Å². The molecule has 1 heterocycles. The van der Waals surface area contributed by atoms with Crippen LogP contribution >= 0.6 is 35.3 Å². The van der Waals surface area contributed by atoms with E-state index in [1.807, 2.05) is 91.9 Å². The molecule has 1 aliphatic carbocycles. The first-order valence-corrected chi connectivity index (χ1v) is 18.1. The van der Waals surface area contributed by atoms with E-state index in [-0.39, 0.29) is 18.5 Å². The number of carbonyl (C=O) groups is 2. The van der Waals surface area contributed by atoms with Crippen LogP contribution in [0.15, 0.2) is 114 Å². The molecule has 9 heteroatoms. The molecular formula is C39H37N3O3S3. The van der Waals surface area contributed by atoms with Crippen molar-refractivity contribution < 1.29 is 14.3 Å². The van der Waals surface area contributed by atoms with Gasteiger partial charge >= 0.3 is 5.97 Å². The zero-order valence-corrected chi connectivity index (χ0v) is 29.3. The van der Waals surface area contributed by atoms with E-state index < -0.39 is 5.25 Å². The van der Waals surface area contributed by atoms with Crippen LogP contribution in [0.1, 0.15) is 62.0 Å². The predicted octanol–water partition coefficient (Wildman–Crippen LogP) is 9.79. The maximum atomic E-state index is 14.2. The average Bonchev–Trinajstić information content (AvgIpc) is 3.46. The first-order chi connectivity index (χ1) is 23.4. The van der Waals surface area contributed by atoms with Crippen molar-refractivity contribution in [2.45, 2.75) is 49.2 Å². The Labute approximate surface area is 295 Å². The molecule has 3 N–H and O–H groups in total. The monoisotopic (exact) mass is 691 g/mol. The van der Waals surface area contributed by atoms with Crippen molar-refractivity contribution in [3.8, 4) is 0 Å². The van der Waals surface area contributed by atoms with Crippen molar-refractivity contribution >= 4 is 68.7 Å². The van der Waals surface area contributed by atoms with E-state index in [2.05, 4.69) is 40.2 Å². The number of ether oxygens (including phenoxy) is 1. The summed E-state index contributed by atoms with van der Waals surface area (Å²) in [7, 11) is 0. The summed E-state index contributed by atoms with van der Waals surface area (Å²) in [6.45, 7) is 4.11. The zero-order valence-electron chi connectivity index (χ0n) is 26.8. The fourth-order valence-electron chi connectivity index (χ4n) is 5.89. The van der Waals surface area contributed by atoms with Crippen LogP contribution < -0.4 is 16.0 Å². The summed E-state index contributed by atoms with van der Waals surface area (Å²) in [5.41, 5.74) is 6.53. The van der Waals surface area contributed by atoms with E-state index in [0.29, 0.717) is 21.6 Å². The van der Waals surface area contributed by atoms with Crippen LogP contribution in [-0.4, -0.2) is 23.6 Å². The molecule has 244 valence electrons. The molecule has 0 radical (unpaired) electrons. The number of thiocarbonyl (C=S) groups is 1. The number of fused-ring (bicyclic) bond motifs is 1. The molecule has 4 aromatic carbocycles. The summed E-state index contributed by atoms with van der Waals surface area (Å²) >= 11 is 8.51. The Kier molecular flexibility index (Phi) is 10.9. The van der Waals surface area contributed by atoms with E-state index in [1.165, 1.54) is 34.2 Å². The van der Waals surface area contributed by atoms with Gasteiger partial charge in [0, 0.05) is 21.1 Å². The quantitative estimate of drug-likeness (QED) is 0.0765. The van der Waals surface area contributed by atoms with Crippen molar-refractivity contribution in [3.63, 3.8) is 0 Å². The van der Waals surface area contributed by atoms with Crippen LogP contribution in [0.3, 0.4) is 0 Å². The lowest BCUT2D eigenvalue weighted by atomic mass is 9.83. The summed E-state index contributed by atoms with van der Waals surface area (Å²) in [5.74, 6) is -0.226. The molecule has 5 aromatic rings. The Morgan fingerprint density at radius 1 is 0.896 bits per heavy atom. The Balaban J connectivity index is 1.23. The zero-order chi connectivity index (χ0) is 33.5. The smallest absolute Gasteiger partial charge is 0.341 e. The molecule has 0 saturated heterocycles. The molecule has 0 spiro atoms. The largest absolute Gasteiger partial charge is 0.462 e. The summed E-state index contributed by atoms with van der Waals surface area (Å²) in [6.07, 6.45) is 2.51. The van der Waals surface area contributed by atoms with Crippen molar-refractivity contribution in [2.24, 2.45) is 0 Å². The normalized spacial score (nSPS) is 14.3. The molecule has 1 amide bonds. The van der Waals surface area contributed by atoms with Gasteiger partial charge in [0.05, 0.1) is 12.2 Å². The maximum Gasteiger partial charge on any atom is 0.341 e. The molecule has 0 fully saturated rings. The van der Waals surface area contributed by atoms with Gasteiger partial charge in [-0.25, -0.2) is 4.79 Å². The van der Waals surface area contributed by atoms with Crippen molar-refractivity contribution in [2.75, 3.05) is 22.6 Å². The summed E-state index contributed by atoms with van der Waals surface area (Å²) in [5, 5.41) is 10.1. The number of hydrogen-bond acceptors (Lipinski definition) is 6. The number of benzene rings is 4. The minimum atomic E-state index is -0.578. The highest BCUT2D eigenvalue weighted by atomic mass is 32.2. The van der Waals surface area contributed by atoms with E-state index in [4.69, 9.17) is 17.0 Å². The third-order valence-electron chi connectivity index (χ3n) is 8.25. The van der Waals surface area contributed by atoms with Gasteiger partial charge in [-0.3, -0.25) is 4.79 Å². The summed E-state index contributed by atoms with van der Waals surface area (Å²) < 4.78 is 5.50. The van der Waals surface area contributed by atoms with Crippen molar-refractivity contribution in [1.82, 2.24) is 0 Å². The highest BCUT2D eigenvalue weighted by molar-refractivity contribution is 8.00. The standard InChI is InChI=1S/C39H37N3O3S3/c1-3-45-38(44)34-32-22-19-28(26-11-6-4-7-12-26)23-33(32)48-37(34)42-36(43)35(27-13-8-5-9-14-27)47-31-16-10-15-30(24-31)41-39(46)40-29-20-17-25(2)18-21-29/h4-18,20-21,24,28,35H,3,19,22-23H2,1-2H3,(H,42,43)(H2,40,41,46). The molecule has 2 atom stereocenters. The van der Waals surface area contributed by atoms with Crippen LogP contribution in [-0.2, 0) is 22.4 Å². The lowest BCUT2D eigenvalue weighted by Crippen LogP contribution is -2.21. The van der Waals surface area contributed by atoms with Crippen LogP contribution in [0, 0.1) is 6.92 Å². The van der Waals surface area contributed by atoms with Gasteiger partial charge in [-0.05, 0) is 98.3 Å². The Hall–Kier alpha value is -4.44. The molecule has 1 aromatic heterocycles. The number of aryl methyl sites for hydroxylation is 1. The first kappa shape index (κ1) is 33.5. The van der Waals surface area contributed by atoms with Gasteiger partial charge in [-0.2, -0.15) is 0 Å². The number of carbonyl (C=O) groups excluding carboxylic acids is 2. The molecule has 0 saturated carbocycles. The topological polar surface area (TPSA) is 79.5 Å². The molecule has 0 bridgehead atoms. The lowest BCUT2D eigenvalue weighted by molar-refractivity contribution is -0.115. The molecule has 2 unspecified atom stereocenters. The molecule has 48 heavy (non-hydrogen) atoms. The fourth-order valence-corrected chi connectivity index (χ4v) is 8.53. The molecule has 6 rings (SSSR count). The number of rotatable bonds is 10. The molecule has 1 aliphatic rings.